The van der Waals surface area contributed by atoms with E-state index in [1.807, 2.05) is 19.2 Å². The molecule has 0 radical (unpaired) electrons. The summed E-state index contributed by atoms with van der Waals surface area (Å²) in [6.45, 7) is 4.08. The monoisotopic (exact) mass is 210 g/mol. The zero-order valence-corrected chi connectivity index (χ0v) is 9.30. The first-order chi connectivity index (χ1) is 6.74. The summed E-state index contributed by atoms with van der Waals surface area (Å²) in [7, 11) is 0. The van der Waals surface area contributed by atoms with E-state index in [2.05, 4.69) is 23.3 Å². The lowest BCUT2D eigenvalue weighted by atomic mass is 10.3. The highest BCUT2D eigenvalue weighted by atomic mass is 35.5. The number of nitrogens with one attached hydrogen (secondary N) is 1. The summed E-state index contributed by atoms with van der Waals surface area (Å²) in [6, 6.07) is 3.71. The van der Waals surface area contributed by atoms with E-state index >= 15 is 0 Å². The predicted molar refractivity (Wildman–Crippen MR) is 61.7 cm³/mol. The summed E-state index contributed by atoms with van der Waals surface area (Å²) in [6.07, 6.45) is 6.30. The molecule has 0 bridgehead atoms. The Bertz CT molecular complexity index is 321. The van der Waals surface area contributed by atoms with Crippen molar-refractivity contribution in [3.63, 3.8) is 0 Å². The first kappa shape index (κ1) is 11.1. The molecule has 2 nitrogen and oxygen atoms in total. The largest absolute Gasteiger partial charge is 0.361 e. The Morgan fingerprint density at radius 1 is 1.50 bits per heavy atom. The van der Waals surface area contributed by atoms with Gasteiger partial charge in [0.2, 0.25) is 0 Å². The Morgan fingerprint density at radius 3 is 2.93 bits per heavy atom. The van der Waals surface area contributed by atoms with Crippen LogP contribution >= 0.6 is 11.6 Å². The molecule has 0 aromatic carbocycles. The molecular weight excluding hydrogens is 196 g/mol. The summed E-state index contributed by atoms with van der Waals surface area (Å²) in [5.41, 5.74) is 1.92. The molecule has 1 N–H and O–H groups in total. The van der Waals surface area contributed by atoms with Gasteiger partial charge in [-0.2, -0.15) is 0 Å². The molecule has 0 aliphatic rings. The zero-order valence-electron chi connectivity index (χ0n) is 8.55. The van der Waals surface area contributed by atoms with Crippen LogP contribution in [0.2, 0.25) is 5.15 Å². The number of aromatic nitrogens is 1. The van der Waals surface area contributed by atoms with E-state index in [4.69, 9.17) is 11.6 Å². The van der Waals surface area contributed by atoms with Crippen molar-refractivity contribution in [3.05, 3.63) is 35.3 Å². The fourth-order valence-corrected chi connectivity index (χ4v) is 1.27. The first-order valence-corrected chi connectivity index (χ1v) is 5.16. The smallest absolute Gasteiger partial charge is 0.129 e. The van der Waals surface area contributed by atoms with Crippen LogP contribution in [0, 0.1) is 6.92 Å². The van der Waals surface area contributed by atoms with Crippen molar-refractivity contribution in [1.29, 1.82) is 0 Å². The molecule has 0 spiro atoms. The summed E-state index contributed by atoms with van der Waals surface area (Å²) < 4.78 is 0. The summed E-state index contributed by atoms with van der Waals surface area (Å²) in [4.78, 5) is 4.14. The number of hydrogen-bond donors (Lipinski definition) is 1. The van der Waals surface area contributed by atoms with Crippen molar-refractivity contribution in [2.75, 3.05) is 5.32 Å². The number of pyridine rings is 1. The van der Waals surface area contributed by atoms with Crippen LogP contribution in [0.1, 0.15) is 25.5 Å². The van der Waals surface area contributed by atoms with Gasteiger partial charge in [-0.15, -0.1) is 0 Å². The summed E-state index contributed by atoms with van der Waals surface area (Å²) in [5.74, 6) is 0. The average molecular weight is 211 g/mol. The van der Waals surface area contributed by atoms with Crippen molar-refractivity contribution < 1.29 is 0 Å². The van der Waals surface area contributed by atoms with Crippen LogP contribution in [0.3, 0.4) is 0 Å². The van der Waals surface area contributed by atoms with Crippen molar-refractivity contribution in [2.24, 2.45) is 0 Å². The topological polar surface area (TPSA) is 24.9 Å². The van der Waals surface area contributed by atoms with Gasteiger partial charge < -0.3 is 5.32 Å². The lowest BCUT2D eigenvalue weighted by molar-refractivity contribution is 0.957. The average Bonchev–Trinajstić information content (AvgIpc) is 2.15. The van der Waals surface area contributed by atoms with Gasteiger partial charge in [-0.3, -0.25) is 0 Å². The van der Waals surface area contributed by atoms with E-state index in [0.29, 0.717) is 5.15 Å². The standard InChI is InChI=1S/C11H15ClN2/c1-3-4-5-8-13-10-6-7-11(12)14-9(10)2/h5-8,13H,3-4H2,1-2H3/b8-5+. The second-order valence-electron chi connectivity index (χ2n) is 3.10. The van der Waals surface area contributed by atoms with Crippen LogP contribution in [0.5, 0.6) is 0 Å². The summed E-state index contributed by atoms with van der Waals surface area (Å²) in [5, 5.41) is 3.71. The maximum Gasteiger partial charge on any atom is 0.129 e. The van der Waals surface area contributed by atoms with Gasteiger partial charge in [-0.05, 0) is 31.7 Å². The van der Waals surface area contributed by atoms with E-state index in [9.17, 15) is 0 Å². The van der Waals surface area contributed by atoms with Gasteiger partial charge in [0, 0.05) is 0 Å². The fourth-order valence-electron chi connectivity index (χ4n) is 1.08. The number of hydrogen-bond acceptors (Lipinski definition) is 2. The van der Waals surface area contributed by atoms with Crippen molar-refractivity contribution in [2.45, 2.75) is 26.7 Å². The van der Waals surface area contributed by atoms with Crippen LogP contribution in [0.4, 0.5) is 5.69 Å². The lowest BCUT2D eigenvalue weighted by Crippen LogP contribution is -1.93. The van der Waals surface area contributed by atoms with Crippen LogP contribution in [-0.2, 0) is 0 Å². The number of halogens is 1. The van der Waals surface area contributed by atoms with Crippen LogP contribution in [-0.4, -0.2) is 4.98 Å². The van der Waals surface area contributed by atoms with E-state index in [1.54, 1.807) is 6.07 Å². The Hall–Kier alpha value is -1.02. The van der Waals surface area contributed by atoms with E-state index in [0.717, 1.165) is 24.2 Å². The lowest BCUT2D eigenvalue weighted by Gasteiger charge is -2.04. The molecule has 0 unspecified atom stereocenters. The quantitative estimate of drug-likeness (QED) is 0.766. The Balaban J connectivity index is 2.59. The van der Waals surface area contributed by atoms with Crippen LogP contribution < -0.4 is 5.32 Å². The third-order valence-corrected chi connectivity index (χ3v) is 2.07. The molecule has 0 aliphatic heterocycles. The first-order valence-electron chi connectivity index (χ1n) is 4.78. The fraction of sp³-hybridized carbons (Fsp3) is 0.364. The Kier molecular flexibility index (Phi) is 4.47. The third-order valence-electron chi connectivity index (χ3n) is 1.86. The number of allylic oxidation sites excluding steroid dienone is 1. The normalized spacial score (nSPS) is 10.8. The summed E-state index contributed by atoms with van der Waals surface area (Å²) >= 11 is 5.74. The Morgan fingerprint density at radius 2 is 2.29 bits per heavy atom. The van der Waals surface area contributed by atoms with Crippen molar-refractivity contribution in [1.82, 2.24) is 4.98 Å². The number of rotatable bonds is 4. The molecule has 0 fully saturated rings. The highest BCUT2D eigenvalue weighted by Crippen LogP contribution is 2.15. The second kappa shape index (κ2) is 5.66. The highest BCUT2D eigenvalue weighted by molar-refractivity contribution is 6.29. The molecular formula is C11H15ClN2. The molecule has 3 heteroatoms. The van der Waals surface area contributed by atoms with Gasteiger partial charge in [0.05, 0.1) is 11.4 Å². The van der Waals surface area contributed by atoms with E-state index < -0.39 is 0 Å². The zero-order chi connectivity index (χ0) is 10.4. The minimum atomic E-state index is 0.533. The molecule has 0 saturated heterocycles. The molecule has 1 heterocycles. The third kappa shape index (κ3) is 3.38. The molecule has 76 valence electrons. The minimum absolute atomic E-state index is 0.533. The van der Waals surface area contributed by atoms with Gasteiger partial charge in [0.1, 0.15) is 5.15 Å². The van der Waals surface area contributed by atoms with Gasteiger partial charge in [0.25, 0.3) is 0 Å². The van der Waals surface area contributed by atoms with Gasteiger partial charge >= 0.3 is 0 Å². The SMILES string of the molecule is CCC/C=C/Nc1ccc(Cl)nc1C. The molecule has 0 atom stereocenters. The molecule has 1 aromatic heterocycles. The molecule has 1 rings (SSSR count). The number of nitrogens with zero attached hydrogens (tertiary/aromatic N) is 1. The minimum Gasteiger partial charge on any atom is -0.361 e. The highest BCUT2D eigenvalue weighted by Gasteiger charge is 1.97. The maximum absolute atomic E-state index is 5.74. The Labute approximate surface area is 90.0 Å². The van der Waals surface area contributed by atoms with Gasteiger partial charge in [-0.25, -0.2) is 4.98 Å². The predicted octanol–water partition coefficient (Wildman–Crippen LogP) is 3.77. The molecule has 1 aromatic rings. The van der Waals surface area contributed by atoms with Crippen LogP contribution in [0.15, 0.2) is 24.4 Å². The molecule has 0 aliphatic carbocycles. The molecule has 0 amide bonds. The van der Waals surface area contributed by atoms with Crippen LogP contribution in [0.25, 0.3) is 0 Å². The number of aryl methyl sites for hydroxylation is 1. The van der Waals surface area contributed by atoms with Crippen molar-refractivity contribution in [3.8, 4) is 0 Å². The van der Waals surface area contributed by atoms with Gasteiger partial charge in [-0.1, -0.05) is 31.0 Å². The number of unbranched alkanes of at least 4 members (excludes halogenated alkanes) is 1. The molecule has 0 saturated carbocycles. The van der Waals surface area contributed by atoms with E-state index in [-0.39, 0.29) is 0 Å². The van der Waals surface area contributed by atoms with E-state index in [1.165, 1.54) is 0 Å². The second-order valence-corrected chi connectivity index (χ2v) is 3.49. The number of anilines is 1. The van der Waals surface area contributed by atoms with Crippen molar-refractivity contribution >= 4 is 17.3 Å². The maximum atomic E-state index is 5.74. The van der Waals surface area contributed by atoms with Gasteiger partial charge in [0.15, 0.2) is 0 Å². The molecule has 14 heavy (non-hydrogen) atoms.